The second-order valence-corrected chi connectivity index (χ2v) is 3.96. The van der Waals surface area contributed by atoms with E-state index in [2.05, 4.69) is 9.97 Å². The van der Waals surface area contributed by atoms with Gasteiger partial charge < -0.3 is 19.6 Å². The lowest BCUT2D eigenvalue weighted by atomic mass is 10.5. The molecule has 0 N–H and O–H groups in total. The fourth-order valence-electron chi connectivity index (χ4n) is 1.59. The SMILES string of the molecule is CC(=O)OCCOc1nc(C)cn2cc([N+](=O)[O-])nc12. The van der Waals surface area contributed by atoms with Gasteiger partial charge in [-0.15, -0.1) is 0 Å². The smallest absolute Gasteiger partial charge is 0.382 e. The number of ether oxygens (including phenoxy) is 2. The van der Waals surface area contributed by atoms with Crippen LogP contribution < -0.4 is 4.74 Å². The van der Waals surface area contributed by atoms with Crippen molar-refractivity contribution in [3.05, 3.63) is 28.2 Å². The second kappa shape index (κ2) is 5.51. The molecule has 2 aromatic rings. The molecular weight excluding hydrogens is 268 g/mol. The highest BCUT2D eigenvalue weighted by Crippen LogP contribution is 2.20. The molecule has 9 nitrogen and oxygen atoms in total. The van der Waals surface area contributed by atoms with E-state index in [4.69, 9.17) is 9.47 Å². The highest BCUT2D eigenvalue weighted by Gasteiger charge is 2.19. The molecule has 0 spiro atoms. The van der Waals surface area contributed by atoms with E-state index in [0.717, 1.165) is 0 Å². The van der Waals surface area contributed by atoms with Crippen LogP contribution in [0.2, 0.25) is 0 Å². The zero-order valence-corrected chi connectivity index (χ0v) is 10.9. The van der Waals surface area contributed by atoms with E-state index < -0.39 is 10.9 Å². The van der Waals surface area contributed by atoms with E-state index in [-0.39, 0.29) is 30.6 Å². The summed E-state index contributed by atoms with van der Waals surface area (Å²) in [6.45, 7) is 3.18. The van der Waals surface area contributed by atoms with Gasteiger partial charge in [0.05, 0.1) is 5.69 Å². The molecule has 0 bridgehead atoms. The van der Waals surface area contributed by atoms with Gasteiger partial charge in [0.25, 0.3) is 5.88 Å². The Hall–Kier alpha value is -2.71. The standard InChI is InChI=1S/C11H12N4O5/c1-7-5-14-6-9(15(17)18)13-10(14)11(12-7)20-4-3-19-8(2)16/h5-6H,3-4H2,1-2H3. The number of aryl methyl sites for hydroxylation is 1. The summed E-state index contributed by atoms with van der Waals surface area (Å²) >= 11 is 0. The molecule has 2 aromatic heterocycles. The summed E-state index contributed by atoms with van der Waals surface area (Å²) in [5.74, 6) is -0.542. The van der Waals surface area contributed by atoms with E-state index >= 15 is 0 Å². The lowest BCUT2D eigenvalue weighted by Crippen LogP contribution is -2.11. The molecule has 0 saturated carbocycles. The number of hydrogen-bond acceptors (Lipinski definition) is 7. The van der Waals surface area contributed by atoms with Crippen molar-refractivity contribution >= 4 is 17.4 Å². The number of nitrogens with zero attached hydrogens (tertiary/aromatic N) is 4. The summed E-state index contributed by atoms with van der Waals surface area (Å²) in [5, 5.41) is 10.7. The molecule has 0 aliphatic rings. The van der Waals surface area contributed by atoms with Gasteiger partial charge in [0.2, 0.25) is 0 Å². The lowest BCUT2D eigenvalue weighted by Gasteiger charge is -2.05. The third-order valence-corrected chi connectivity index (χ3v) is 2.33. The number of nitro groups is 1. The maximum absolute atomic E-state index is 10.7. The first kappa shape index (κ1) is 13.7. The molecule has 2 rings (SSSR count). The van der Waals surface area contributed by atoms with Crippen LogP contribution in [0, 0.1) is 17.0 Å². The largest absolute Gasteiger partial charge is 0.470 e. The normalized spacial score (nSPS) is 10.5. The molecule has 0 atom stereocenters. The third kappa shape index (κ3) is 2.99. The number of fused-ring (bicyclic) bond motifs is 1. The van der Waals surface area contributed by atoms with Gasteiger partial charge in [0, 0.05) is 13.1 Å². The maximum Gasteiger partial charge on any atom is 0.382 e. The van der Waals surface area contributed by atoms with Crippen molar-refractivity contribution in [1.29, 1.82) is 0 Å². The number of aromatic nitrogens is 3. The average Bonchev–Trinajstić information content (AvgIpc) is 2.78. The van der Waals surface area contributed by atoms with E-state index in [0.29, 0.717) is 5.69 Å². The number of rotatable bonds is 5. The Kier molecular flexibility index (Phi) is 3.78. The number of carbonyl (C=O) groups is 1. The summed E-state index contributed by atoms with van der Waals surface area (Å²) in [7, 11) is 0. The summed E-state index contributed by atoms with van der Waals surface area (Å²) in [5.41, 5.74) is 0.859. The molecule has 0 fully saturated rings. The van der Waals surface area contributed by atoms with Crippen molar-refractivity contribution in [2.24, 2.45) is 0 Å². The summed E-state index contributed by atoms with van der Waals surface area (Å²) < 4.78 is 11.5. The van der Waals surface area contributed by atoms with Gasteiger partial charge >= 0.3 is 17.4 Å². The summed E-state index contributed by atoms with van der Waals surface area (Å²) in [4.78, 5) is 28.7. The van der Waals surface area contributed by atoms with Crippen molar-refractivity contribution < 1.29 is 19.2 Å². The Bertz CT molecular complexity index is 666. The number of hydrogen-bond donors (Lipinski definition) is 0. The minimum Gasteiger partial charge on any atom is -0.470 e. The first-order valence-corrected chi connectivity index (χ1v) is 5.74. The molecule has 106 valence electrons. The first-order valence-electron chi connectivity index (χ1n) is 5.74. The van der Waals surface area contributed by atoms with E-state index in [1.54, 1.807) is 13.1 Å². The number of carbonyl (C=O) groups excluding carboxylic acids is 1. The zero-order valence-electron chi connectivity index (χ0n) is 10.9. The number of imidazole rings is 1. The van der Waals surface area contributed by atoms with Gasteiger partial charge in [-0.25, -0.2) is 4.98 Å². The Morgan fingerprint density at radius 1 is 1.40 bits per heavy atom. The molecule has 0 aliphatic heterocycles. The van der Waals surface area contributed by atoms with Crippen molar-refractivity contribution in [2.75, 3.05) is 13.2 Å². The Morgan fingerprint density at radius 2 is 2.15 bits per heavy atom. The molecule has 2 heterocycles. The zero-order chi connectivity index (χ0) is 14.7. The Balaban J connectivity index is 2.22. The quantitative estimate of drug-likeness (QED) is 0.346. The van der Waals surface area contributed by atoms with Crippen LogP contribution in [-0.4, -0.2) is 38.5 Å². The monoisotopic (exact) mass is 280 g/mol. The minimum atomic E-state index is -0.592. The molecule has 9 heteroatoms. The van der Waals surface area contributed by atoms with Crippen LogP contribution in [0.1, 0.15) is 12.6 Å². The van der Waals surface area contributed by atoms with Crippen LogP contribution in [0.3, 0.4) is 0 Å². The highest BCUT2D eigenvalue weighted by molar-refractivity contribution is 5.65. The van der Waals surface area contributed by atoms with Gasteiger partial charge in [0.1, 0.15) is 19.4 Å². The van der Waals surface area contributed by atoms with E-state index in [1.165, 1.54) is 17.5 Å². The third-order valence-electron chi connectivity index (χ3n) is 2.33. The van der Waals surface area contributed by atoms with Gasteiger partial charge in [-0.1, -0.05) is 0 Å². The fourth-order valence-corrected chi connectivity index (χ4v) is 1.59. The van der Waals surface area contributed by atoms with Gasteiger partial charge in [0.15, 0.2) is 0 Å². The maximum atomic E-state index is 10.7. The van der Waals surface area contributed by atoms with Gasteiger partial charge in [-0.2, -0.15) is 0 Å². The lowest BCUT2D eigenvalue weighted by molar-refractivity contribution is -0.389. The topological polar surface area (TPSA) is 109 Å². The van der Waals surface area contributed by atoms with Crippen LogP contribution in [0.25, 0.3) is 5.65 Å². The predicted molar refractivity (Wildman–Crippen MR) is 66.5 cm³/mol. The van der Waals surface area contributed by atoms with Crippen molar-refractivity contribution in [2.45, 2.75) is 13.8 Å². The van der Waals surface area contributed by atoms with E-state index in [1.807, 2.05) is 0 Å². The molecule has 0 aromatic carbocycles. The minimum absolute atomic E-state index is 0.0694. The molecule has 20 heavy (non-hydrogen) atoms. The average molecular weight is 280 g/mol. The Labute approximate surface area is 113 Å². The molecule has 0 unspecified atom stereocenters. The van der Waals surface area contributed by atoms with Crippen LogP contribution in [-0.2, 0) is 9.53 Å². The molecule has 0 aliphatic carbocycles. The van der Waals surface area contributed by atoms with Crippen LogP contribution in [0.4, 0.5) is 5.82 Å². The van der Waals surface area contributed by atoms with E-state index in [9.17, 15) is 14.9 Å². The fraction of sp³-hybridized carbons (Fsp3) is 0.364. The van der Waals surface area contributed by atoms with Gasteiger partial charge in [-0.05, 0) is 16.8 Å². The van der Waals surface area contributed by atoms with Crippen molar-refractivity contribution in [3.8, 4) is 5.88 Å². The second-order valence-electron chi connectivity index (χ2n) is 3.96. The molecule has 0 amide bonds. The predicted octanol–water partition coefficient (Wildman–Crippen LogP) is 0.888. The highest BCUT2D eigenvalue weighted by atomic mass is 16.6. The molecule has 0 radical (unpaired) electrons. The summed E-state index contributed by atoms with van der Waals surface area (Å²) in [6.07, 6.45) is 2.89. The van der Waals surface area contributed by atoms with Crippen molar-refractivity contribution in [1.82, 2.24) is 14.4 Å². The summed E-state index contributed by atoms with van der Waals surface area (Å²) in [6, 6.07) is 0. The van der Waals surface area contributed by atoms with Crippen molar-refractivity contribution in [3.63, 3.8) is 0 Å². The molecule has 0 saturated heterocycles. The van der Waals surface area contributed by atoms with Crippen LogP contribution in [0.5, 0.6) is 5.88 Å². The Morgan fingerprint density at radius 3 is 2.80 bits per heavy atom. The van der Waals surface area contributed by atoms with Crippen LogP contribution >= 0.6 is 0 Å². The number of esters is 1. The first-order chi connectivity index (χ1) is 9.47. The van der Waals surface area contributed by atoms with Gasteiger partial charge in [-0.3, -0.25) is 9.20 Å². The molecular formula is C11H12N4O5. The van der Waals surface area contributed by atoms with Crippen LogP contribution in [0.15, 0.2) is 12.4 Å².